The van der Waals surface area contributed by atoms with Crippen LogP contribution in [0, 0.1) is 27.4 Å². The van der Waals surface area contributed by atoms with Gasteiger partial charge in [-0.15, -0.1) is 0 Å². The second-order valence-corrected chi connectivity index (χ2v) is 21.1. The second kappa shape index (κ2) is 17.7. The summed E-state index contributed by atoms with van der Waals surface area (Å²) < 4.78 is 51.0. The first kappa shape index (κ1) is 44.6. The standard InChI is InChI=1S/C49H58FN7O7S/c1-31(2)36-7-4-5-8-37(36)38-9-6-10-41(38)56-29-49(30-56)20-23-55(24-21-49)34-11-13-39(43(26-34)64-44-25-33-17-22-51-46(33)53-45(44)50)47(58)54-65(62,63)35-12-14-40(42(27-35)57(60)61)52-28-32-15-18-48(3,59)19-16-32/h4-5,7-8,11-14,17,22,25-27,31-32,38,41,52,59H,6,9-10,15-16,18-21,23-24,28-30H2,1-3H3,(H,51,53)(H,54,58)/t32?,38-,41-,48?/m0/s1. The van der Waals surface area contributed by atoms with Gasteiger partial charge in [0, 0.05) is 68.2 Å². The zero-order valence-electron chi connectivity index (χ0n) is 37.2. The third-order valence-corrected chi connectivity index (χ3v) is 15.9. The van der Waals surface area contributed by atoms with Crippen LogP contribution in [0.25, 0.3) is 11.0 Å². The number of nitrogens with one attached hydrogen (secondary N) is 3. The number of nitro groups is 1. The molecule has 1 amide bonds. The number of benzene rings is 3. The number of hydrogen-bond acceptors (Lipinski definition) is 11. The summed E-state index contributed by atoms with van der Waals surface area (Å²) in [5.74, 6) is -1.10. The fraction of sp³-hybridized carbons (Fsp3) is 0.469. The number of aromatic nitrogens is 2. The summed E-state index contributed by atoms with van der Waals surface area (Å²) in [6.45, 7) is 10.4. The highest BCUT2D eigenvalue weighted by Gasteiger charge is 2.49. The van der Waals surface area contributed by atoms with Crippen molar-refractivity contribution in [3.8, 4) is 11.5 Å². The number of H-pyrrole nitrogens is 1. The van der Waals surface area contributed by atoms with Crippen molar-refractivity contribution in [1.29, 1.82) is 0 Å². The van der Waals surface area contributed by atoms with Crippen LogP contribution in [0.1, 0.15) is 112 Å². The molecule has 4 N–H and O–H groups in total. The van der Waals surface area contributed by atoms with E-state index in [2.05, 4.69) is 67.9 Å². The Morgan fingerprint density at radius 1 is 1.00 bits per heavy atom. The molecule has 4 aliphatic rings. The molecule has 2 saturated carbocycles. The van der Waals surface area contributed by atoms with Gasteiger partial charge in [-0.25, -0.2) is 13.1 Å². The molecule has 16 heteroatoms. The van der Waals surface area contributed by atoms with Crippen molar-refractivity contribution in [2.75, 3.05) is 42.9 Å². The quantitative estimate of drug-likeness (QED) is 0.0502. The van der Waals surface area contributed by atoms with E-state index < -0.39 is 43.0 Å². The number of likely N-dealkylation sites (tertiary alicyclic amines) is 1. The molecular formula is C49H58FN7O7S. The molecule has 14 nitrogen and oxygen atoms in total. The molecule has 0 radical (unpaired) electrons. The monoisotopic (exact) mass is 907 g/mol. The van der Waals surface area contributed by atoms with E-state index >= 15 is 4.39 Å². The molecular weight excluding hydrogens is 850 g/mol. The van der Waals surface area contributed by atoms with E-state index in [-0.39, 0.29) is 34.1 Å². The van der Waals surface area contributed by atoms with Crippen molar-refractivity contribution < 1.29 is 32.4 Å². The van der Waals surface area contributed by atoms with E-state index in [0.29, 0.717) is 48.3 Å². The normalized spacial score (nSPS) is 23.4. The Morgan fingerprint density at radius 2 is 1.75 bits per heavy atom. The van der Waals surface area contributed by atoms with Crippen LogP contribution < -0.4 is 19.7 Å². The van der Waals surface area contributed by atoms with Crippen LogP contribution in [-0.2, 0) is 10.0 Å². The average molecular weight is 908 g/mol. The van der Waals surface area contributed by atoms with Gasteiger partial charge in [0.2, 0.25) is 0 Å². The van der Waals surface area contributed by atoms with Gasteiger partial charge >= 0.3 is 0 Å². The fourth-order valence-corrected chi connectivity index (χ4v) is 11.8. The molecule has 5 aromatic rings. The molecule has 2 saturated heterocycles. The van der Waals surface area contributed by atoms with E-state index in [0.717, 1.165) is 63.6 Å². The highest BCUT2D eigenvalue weighted by molar-refractivity contribution is 7.90. The maximum atomic E-state index is 15.4. The smallest absolute Gasteiger partial charge is 0.293 e. The Hall–Kier alpha value is -5.58. The van der Waals surface area contributed by atoms with Gasteiger partial charge < -0.3 is 25.0 Å². The molecule has 0 bridgehead atoms. The number of aromatic amines is 1. The summed E-state index contributed by atoms with van der Waals surface area (Å²) in [5, 5.41) is 26.1. The third-order valence-electron chi connectivity index (χ3n) is 14.6. The lowest BCUT2D eigenvalue weighted by Crippen LogP contribution is -2.63. The molecule has 344 valence electrons. The topological polar surface area (TPSA) is 183 Å². The van der Waals surface area contributed by atoms with Crippen molar-refractivity contribution >= 4 is 44.0 Å². The number of halogens is 1. The van der Waals surface area contributed by atoms with Crippen molar-refractivity contribution in [1.82, 2.24) is 19.6 Å². The molecule has 2 aromatic heterocycles. The predicted molar refractivity (Wildman–Crippen MR) is 248 cm³/mol. The first-order chi connectivity index (χ1) is 31.1. The van der Waals surface area contributed by atoms with Gasteiger partial charge in [0.05, 0.1) is 21.0 Å². The molecule has 2 aliphatic carbocycles. The minimum atomic E-state index is -4.64. The fourth-order valence-electron chi connectivity index (χ4n) is 10.8. The van der Waals surface area contributed by atoms with Gasteiger partial charge in [-0.05, 0) is 129 Å². The van der Waals surface area contributed by atoms with E-state index in [1.54, 1.807) is 31.3 Å². The summed E-state index contributed by atoms with van der Waals surface area (Å²) in [7, 11) is -4.64. The van der Waals surface area contributed by atoms with Crippen molar-refractivity contribution in [3.05, 3.63) is 112 Å². The molecule has 3 aromatic carbocycles. The number of nitro benzene ring substituents is 1. The molecule has 4 heterocycles. The summed E-state index contributed by atoms with van der Waals surface area (Å²) in [5.41, 5.74) is 3.00. The SMILES string of the molecule is CC(C)c1ccccc1[C@@H]1CCC[C@@H]1N1CC2(CCN(c3ccc(C(=O)NS(=O)(=O)c4ccc(NCC5CCC(C)(O)CC5)c([N+](=O)[O-])c4)c(Oc4cc5cc[nH]c5nc4F)c3)CC2)C1. The van der Waals surface area contributed by atoms with E-state index in [1.807, 2.05) is 0 Å². The number of carbonyl (C=O) groups excluding carboxylic acids is 1. The van der Waals surface area contributed by atoms with Gasteiger partial charge in [-0.1, -0.05) is 44.5 Å². The number of hydrogen-bond donors (Lipinski definition) is 4. The Kier molecular flexibility index (Phi) is 12.1. The summed E-state index contributed by atoms with van der Waals surface area (Å²) in [6.07, 6.45) is 9.98. The Labute approximate surface area is 379 Å². The average Bonchev–Trinajstić information content (AvgIpc) is 3.95. The second-order valence-electron chi connectivity index (χ2n) is 19.4. The summed E-state index contributed by atoms with van der Waals surface area (Å²) >= 11 is 0. The number of aliphatic hydroxyl groups is 1. The summed E-state index contributed by atoms with van der Waals surface area (Å²) in [4.78, 5) is 36.7. The lowest BCUT2D eigenvalue weighted by Gasteiger charge is -2.57. The van der Waals surface area contributed by atoms with Crippen LogP contribution >= 0.6 is 0 Å². The number of piperidine rings is 1. The van der Waals surface area contributed by atoms with E-state index in [9.17, 15) is 28.4 Å². The van der Waals surface area contributed by atoms with Gasteiger partial charge in [-0.2, -0.15) is 9.37 Å². The van der Waals surface area contributed by atoms with Gasteiger partial charge in [0.1, 0.15) is 17.1 Å². The molecule has 1 spiro atoms. The van der Waals surface area contributed by atoms with Crippen molar-refractivity contribution in [2.45, 2.75) is 107 Å². The van der Waals surface area contributed by atoms with Gasteiger partial charge in [0.15, 0.2) is 5.75 Å². The zero-order chi connectivity index (χ0) is 45.7. The third kappa shape index (κ3) is 9.30. The molecule has 0 unspecified atom stereocenters. The molecule has 65 heavy (non-hydrogen) atoms. The molecule has 2 atom stereocenters. The lowest BCUT2D eigenvalue weighted by molar-refractivity contribution is -0.384. The van der Waals surface area contributed by atoms with Crippen LogP contribution in [-0.4, -0.2) is 83.6 Å². The van der Waals surface area contributed by atoms with Crippen molar-refractivity contribution in [2.24, 2.45) is 11.3 Å². The number of rotatable bonds is 13. The number of carbonyl (C=O) groups is 1. The van der Waals surface area contributed by atoms with Gasteiger partial charge in [-0.3, -0.25) is 19.8 Å². The van der Waals surface area contributed by atoms with Gasteiger partial charge in [0.25, 0.3) is 27.6 Å². The number of nitrogens with zero attached hydrogens (tertiary/aromatic N) is 4. The number of pyridine rings is 1. The highest BCUT2D eigenvalue weighted by atomic mass is 32.2. The number of sulfonamides is 1. The van der Waals surface area contributed by atoms with Crippen LogP contribution in [0.3, 0.4) is 0 Å². The summed E-state index contributed by atoms with van der Waals surface area (Å²) in [6, 6.07) is 20.9. The molecule has 2 aliphatic heterocycles. The van der Waals surface area contributed by atoms with E-state index in [4.69, 9.17) is 4.74 Å². The Balaban J connectivity index is 0.908. The van der Waals surface area contributed by atoms with Crippen LogP contribution in [0.4, 0.5) is 21.5 Å². The highest BCUT2D eigenvalue weighted by Crippen LogP contribution is 2.49. The molecule has 4 fully saturated rings. The number of fused-ring (bicyclic) bond motifs is 1. The largest absolute Gasteiger partial charge is 0.452 e. The Bertz CT molecular complexity index is 2700. The maximum Gasteiger partial charge on any atom is 0.293 e. The number of anilines is 2. The number of ether oxygens (including phenoxy) is 1. The molecule has 9 rings (SSSR count). The van der Waals surface area contributed by atoms with E-state index in [1.165, 1.54) is 54.7 Å². The van der Waals surface area contributed by atoms with Crippen LogP contribution in [0.5, 0.6) is 11.5 Å². The number of amides is 1. The van der Waals surface area contributed by atoms with Crippen LogP contribution in [0.15, 0.2) is 83.9 Å². The van der Waals surface area contributed by atoms with Crippen LogP contribution in [0.2, 0.25) is 0 Å². The lowest BCUT2D eigenvalue weighted by atomic mass is 9.70. The first-order valence-corrected chi connectivity index (χ1v) is 24.4. The zero-order valence-corrected chi connectivity index (χ0v) is 38.0. The Morgan fingerprint density at radius 3 is 2.49 bits per heavy atom. The minimum absolute atomic E-state index is 0.0791. The first-order valence-electron chi connectivity index (χ1n) is 22.9. The van der Waals surface area contributed by atoms with Crippen molar-refractivity contribution in [3.63, 3.8) is 0 Å². The predicted octanol–water partition coefficient (Wildman–Crippen LogP) is 9.24. The minimum Gasteiger partial charge on any atom is -0.452 e. The maximum absolute atomic E-state index is 15.4.